The molecule has 0 amide bonds. The Morgan fingerprint density at radius 2 is 1.86 bits per heavy atom. The first-order chi connectivity index (χ1) is 9.85. The van der Waals surface area contributed by atoms with Crippen LogP contribution in [0.25, 0.3) is 0 Å². The zero-order valence-corrected chi connectivity index (χ0v) is 13.5. The first kappa shape index (κ1) is 17.7. The van der Waals surface area contributed by atoms with Gasteiger partial charge in [0.2, 0.25) is 0 Å². The van der Waals surface area contributed by atoms with E-state index in [-0.39, 0.29) is 11.5 Å². The predicted molar refractivity (Wildman–Crippen MR) is 79.4 cm³/mol. The highest BCUT2D eigenvalue weighted by Gasteiger charge is 2.19. The smallest absolute Gasteiger partial charge is 0.302 e. The minimum Gasteiger partial charge on any atom is -0.460 e. The van der Waals surface area contributed by atoms with E-state index in [1.807, 2.05) is 13.8 Å². The van der Waals surface area contributed by atoms with Gasteiger partial charge in [0.15, 0.2) is 0 Å². The maximum Gasteiger partial charge on any atom is 0.302 e. The Balaban J connectivity index is 2.68. The topological polar surface area (TPSA) is 69.7 Å². The number of benzene rings is 1. The van der Waals surface area contributed by atoms with Gasteiger partial charge in [-0.2, -0.15) is 8.42 Å². The normalized spacial score (nSPS) is 12.9. The lowest BCUT2D eigenvalue weighted by Gasteiger charge is -2.16. The molecular weight excluding hydrogens is 292 g/mol. The number of esters is 1. The van der Waals surface area contributed by atoms with Crippen LogP contribution in [0.3, 0.4) is 0 Å². The van der Waals surface area contributed by atoms with Crippen LogP contribution in [-0.2, 0) is 23.8 Å². The van der Waals surface area contributed by atoms with E-state index in [0.29, 0.717) is 6.42 Å². The molecule has 0 aliphatic heterocycles. The number of hydrogen-bond acceptors (Lipinski definition) is 5. The van der Waals surface area contributed by atoms with Gasteiger partial charge in [-0.15, -0.1) is 0 Å². The Bertz CT molecular complexity index is 548. The molecule has 0 N–H and O–H groups in total. The van der Waals surface area contributed by atoms with Gasteiger partial charge >= 0.3 is 5.97 Å². The Labute approximate surface area is 126 Å². The van der Waals surface area contributed by atoms with Crippen molar-refractivity contribution in [2.45, 2.75) is 51.0 Å². The number of ether oxygens (including phenoxy) is 1. The molecule has 118 valence electrons. The van der Waals surface area contributed by atoms with Crippen molar-refractivity contribution in [3.63, 3.8) is 0 Å². The Kier molecular flexibility index (Phi) is 6.84. The van der Waals surface area contributed by atoms with Gasteiger partial charge in [0.1, 0.15) is 12.7 Å². The number of carbonyl (C=O) groups excluding carboxylic acids is 1. The van der Waals surface area contributed by atoms with Crippen LogP contribution in [0.2, 0.25) is 0 Å². The van der Waals surface area contributed by atoms with E-state index < -0.39 is 22.2 Å². The van der Waals surface area contributed by atoms with Crippen LogP contribution in [-0.4, -0.2) is 27.1 Å². The van der Waals surface area contributed by atoms with E-state index in [4.69, 9.17) is 8.92 Å². The van der Waals surface area contributed by atoms with E-state index >= 15 is 0 Å². The molecule has 0 unspecified atom stereocenters. The maximum atomic E-state index is 12.0. The maximum absolute atomic E-state index is 12.0. The van der Waals surface area contributed by atoms with Crippen molar-refractivity contribution < 1.29 is 22.1 Å². The van der Waals surface area contributed by atoms with Crippen molar-refractivity contribution in [3.05, 3.63) is 29.8 Å². The van der Waals surface area contributed by atoms with Crippen LogP contribution in [0.4, 0.5) is 0 Å². The molecule has 0 aromatic heterocycles. The molecule has 0 aliphatic rings. The van der Waals surface area contributed by atoms with Crippen molar-refractivity contribution in [1.29, 1.82) is 0 Å². The summed E-state index contributed by atoms with van der Waals surface area (Å²) in [5.41, 5.74) is 0.967. The van der Waals surface area contributed by atoms with E-state index in [0.717, 1.165) is 18.4 Å². The van der Waals surface area contributed by atoms with Crippen LogP contribution in [0, 0.1) is 6.92 Å². The third-order valence-corrected chi connectivity index (χ3v) is 4.23. The Morgan fingerprint density at radius 3 is 2.38 bits per heavy atom. The van der Waals surface area contributed by atoms with Crippen LogP contribution in [0.15, 0.2) is 29.2 Å². The van der Waals surface area contributed by atoms with Crippen LogP contribution in [0.5, 0.6) is 0 Å². The lowest BCUT2D eigenvalue weighted by atomic mass is 10.2. The van der Waals surface area contributed by atoms with Gasteiger partial charge in [0.25, 0.3) is 10.1 Å². The molecule has 1 aromatic rings. The number of hydrogen-bond donors (Lipinski definition) is 0. The lowest BCUT2D eigenvalue weighted by Crippen LogP contribution is -2.24. The predicted octanol–water partition coefficient (Wildman–Crippen LogP) is 2.82. The quantitative estimate of drug-likeness (QED) is 0.545. The van der Waals surface area contributed by atoms with Gasteiger partial charge in [-0.1, -0.05) is 31.0 Å². The zero-order valence-electron chi connectivity index (χ0n) is 12.7. The second kappa shape index (κ2) is 8.14. The van der Waals surface area contributed by atoms with Gasteiger partial charge in [0.05, 0.1) is 4.90 Å². The van der Waals surface area contributed by atoms with Crippen LogP contribution >= 0.6 is 0 Å². The first-order valence-electron chi connectivity index (χ1n) is 6.98. The van der Waals surface area contributed by atoms with E-state index in [1.54, 1.807) is 12.1 Å². The summed E-state index contributed by atoms with van der Waals surface area (Å²) in [6.45, 7) is 5.02. The summed E-state index contributed by atoms with van der Waals surface area (Å²) in [5, 5.41) is 0. The highest BCUT2D eigenvalue weighted by molar-refractivity contribution is 7.86. The van der Waals surface area contributed by atoms with E-state index in [9.17, 15) is 13.2 Å². The van der Waals surface area contributed by atoms with Crippen molar-refractivity contribution >= 4 is 16.1 Å². The third kappa shape index (κ3) is 6.27. The Hall–Kier alpha value is -1.40. The molecule has 0 saturated heterocycles. The fourth-order valence-corrected chi connectivity index (χ4v) is 2.72. The molecule has 0 radical (unpaired) electrons. The Morgan fingerprint density at radius 1 is 1.24 bits per heavy atom. The van der Waals surface area contributed by atoms with Crippen LogP contribution < -0.4 is 0 Å². The molecule has 21 heavy (non-hydrogen) atoms. The highest BCUT2D eigenvalue weighted by atomic mass is 32.2. The fourth-order valence-electron chi connectivity index (χ4n) is 1.78. The monoisotopic (exact) mass is 314 g/mol. The highest BCUT2D eigenvalue weighted by Crippen LogP contribution is 2.15. The van der Waals surface area contributed by atoms with Crippen molar-refractivity contribution in [3.8, 4) is 0 Å². The molecule has 1 aromatic carbocycles. The lowest BCUT2D eigenvalue weighted by molar-refractivity contribution is -0.148. The van der Waals surface area contributed by atoms with Gasteiger partial charge < -0.3 is 4.74 Å². The average Bonchev–Trinajstić information content (AvgIpc) is 2.42. The summed E-state index contributed by atoms with van der Waals surface area (Å²) in [4.78, 5) is 11.1. The fraction of sp³-hybridized carbons (Fsp3) is 0.533. The van der Waals surface area contributed by atoms with E-state index in [2.05, 4.69) is 0 Å². The molecule has 0 fully saturated rings. The molecule has 0 spiro atoms. The first-order valence-corrected chi connectivity index (χ1v) is 8.39. The number of rotatable bonds is 8. The summed E-state index contributed by atoms with van der Waals surface area (Å²) in [6.07, 6.45) is 1.82. The van der Waals surface area contributed by atoms with Gasteiger partial charge in [-0.25, -0.2) is 0 Å². The molecule has 1 atom stereocenters. The van der Waals surface area contributed by atoms with Crippen LogP contribution in [0.1, 0.15) is 38.7 Å². The second-order valence-electron chi connectivity index (χ2n) is 4.93. The number of unbranched alkanes of at least 4 members (excludes halogenated alkanes) is 1. The molecular formula is C15H22O5S. The second-order valence-corrected chi connectivity index (χ2v) is 6.54. The largest absolute Gasteiger partial charge is 0.460 e. The van der Waals surface area contributed by atoms with Gasteiger partial charge in [0, 0.05) is 6.92 Å². The van der Waals surface area contributed by atoms with Gasteiger partial charge in [-0.05, 0) is 31.9 Å². The molecule has 0 saturated carbocycles. The van der Waals surface area contributed by atoms with Crippen molar-refractivity contribution in [2.75, 3.05) is 6.61 Å². The molecule has 5 nitrogen and oxygen atoms in total. The van der Waals surface area contributed by atoms with Crippen molar-refractivity contribution in [2.24, 2.45) is 0 Å². The molecule has 1 rings (SSSR count). The molecule has 6 heteroatoms. The summed E-state index contributed by atoms with van der Waals surface area (Å²) >= 11 is 0. The number of carbonyl (C=O) groups is 1. The zero-order chi connectivity index (χ0) is 15.9. The van der Waals surface area contributed by atoms with Gasteiger partial charge in [-0.3, -0.25) is 8.98 Å². The summed E-state index contributed by atoms with van der Waals surface area (Å²) in [7, 11) is -3.82. The molecule has 0 heterocycles. The minimum atomic E-state index is -3.82. The molecule has 0 bridgehead atoms. The average molecular weight is 314 g/mol. The standard InChI is InChI=1S/C15H22O5S/c1-4-5-6-14(20-13(3)16)11-19-21(17,18)15-9-7-12(2)8-10-15/h7-10,14H,4-6,11H2,1-3H3/t14-/m1/s1. The molecule has 0 aliphatic carbocycles. The SMILES string of the molecule is CCCC[C@H](COS(=O)(=O)c1ccc(C)cc1)OC(C)=O. The minimum absolute atomic E-state index is 0.102. The summed E-state index contributed by atoms with van der Waals surface area (Å²) in [5.74, 6) is -0.438. The number of aryl methyl sites for hydroxylation is 1. The van der Waals surface area contributed by atoms with E-state index in [1.165, 1.54) is 19.1 Å². The summed E-state index contributed by atoms with van der Waals surface area (Å²) in [6, 6.07) is 6.41. The van der Waals surface area contributed by atoms with Crippen molar-refractivity contribution in [1.82, 2.24) is 0 Å². The summed E-state index contributed by atoms with van der Waals surface area (Å²) < 4.78 is 34.2. The third-order valence-electron chi connectivity index (χ3n) is 2.93.